The molecule has 0 spiro atoms. The molecule has 2 aromatic rings. The summed E-state index contributed by atoms with van der Waals surface area (Å²) in [4.78, 5) is 12.0. The second kappa shape index (κ2) is 8.25. The Morgan fingerprint density at radius 3 is 2.43 bits per heavy atom. The van der Waals surface area contributed by atoms with Crippen LogP contribution in [0.1, 0.15) is 25.8 Å². The monoisotopic (exact) mass is 318 g/mol. The van der Waals surface area contributed by atoms with Gasteiger partial charge >= 0.3 is 0 Å². The summed E-state index contributed by atoms with van der Waals surface area (Å²) in [6, 6.07) is 9.99. The zero-order valence-corrected chi connectivity index (χ0v) is 13.3. The van der Waals surface area contributed by atoms with Crippen LogP contribution < -0.4 is 15.9 Å². The van der Waals surface area contributed by atoms with E-state index < -0.39 is 0 Å². The van der Waals surface area contributed by atoms with Crippen LogP contribution in [0.25, 0.3) is 0 Å². The van der Waals surface area contributed by atoms with Crippen LogP contribution in [0.4, 0.5) is 17.8 Å². The van der Waals surface area contributed by atoms with E-state index in [1.807, 2.05) is 23.7 Å². The molecule has 0 amide bonds. The van der Waals surface area contributed by atoms with Gasteiger partial charge in [0.1, 0.15) is 0 Å². The molecular formula is C15H22N6O2. The maximum absolute atomic E-state index is 9.91. The lowest BCUT2D eigenvalue weighted by Gasteiger charge is -2.19. The van der Waals surface area contributed by atoms with Gasteiger partial charge in [-0.05, 0) is 32.3 Å². The first-order chi connectivity index (χ1) is 11.1. The highest BCUT2D eigenvalue weighted by Crippen LogP contribution is 2.14. The Morgan fingerprint density at radius 2 is 1.78 bits per heavy atom. The second-order valence-electron chi connectivity index (χ2n) is 5.35. The number of nitrogens with zero attached hydrogens (tertiary/aromatic N) is 4. The summed E-state index contributed by atoms with van der Waals surface area (Å²) in [6.45, 7) is 4.25. The van der Waals surface area contributed by atoms with Crippen molar-refractivity contribution < 1.29 is 10.4 Å². The van der Waals surface area contributed by atoms with Gasteiger partial charge in [-0.2, -0.15) is 15.0 Å². The summed E-state index contributed by atoms with van der Waals surface area (Å²) < 4.78 is 0. The normalized spacial score (nSPS) is 10.7. The van der Waals surface area contributed by atoms with E-state index in [1.54, 1.807) is 13.8 Å². The van der Waals surface area contributed by atoms with E-state index in [2.05, 4.69) is 32.4 Å². The molecule has 0 saturated heterocycles. The number of hydrogen-bond donors (Lipinski definition) is 4. The minimum Gasteiger partial charge on any atom is -0.354 e. The highest BCUT2D eigenvalue weighted by atomic mass is 16.5. The number of anilines is 3. The molecule has 0 aliphatic carbocycles. The number of aryl methyl sites for hydroxylation is 1. The third-order valence-corrected chi connectivity index (χ3v) is 3.19. The zero-order chi connectivity index (χ0) is 16.7. The van der Waals surface area contributed by atoms with E-state index in [-0.39, 0.29) is 17.9 Å². The van der Waals surface area contributed by atoms with Gasteiger partial charge in [-0.3, -0.25) is 10.4 Å². The van der Waals surface area contributed by atoms with E-state index in [0.717, 1.165) is 17.9 Å². The van der Waals surface area contributed by atoms with Crippen LogP contribution in [0.2, 0.25) is 0 Å². The number of benzene rings is 1. The molecule has 23 heavy (non-hydrogen) atoms. The number of hydrogen-bond acceptors (Lipinski definition) is 8. The number of aromatic nitrogens is 3. The molecule has 0 radical (unpaired) electrons. The lowest BCUT2D eigenvalue weighted by atomic mass is 10.1. The van der Waals surface area contributed by atoms with Crippen LogP contribution in [0.15, 0.2) is 30.3 Å². The van der Waals surface area contributed by atoms with Gasteiger partial charge in [-0.15, -0.1) is 0 Å². The standard InChI is InChI=1S/C15H22N6O2/c1-11(2)21(23)15-18-13(17-14(19-15)20-22)16-10-6-9-12-7-4-3-5-8-12/h3-5,7-8,11,22-23H,6,9-10H2,1-2H3,(H2,16,17,18,19,20). The van der Waals surface area contributed by atoms with Crippen molar-refractivity contribution in [1.29, 1.82) is 0 Å². The highest BCUT2D eigenvalue weighted by Gasteiger charge is 2.14. The van der Waals surface area contributed by atoms with Crippen molar-refractivity contribution in [3.05, 3.63) is 35.9 Å². The maximum atomic E-state index is 9.91. The van der Waals surface area contributed by atoms with Crippen LogP contribution in [-0.4, -0.2) is 38.0 Å². The van der Waals surface area contributed by atoms with E-state index >= 15 is 0 Å². The van der Waals surface area contributed by atoms with Crippen LogP contribution in [0, 0.1) is 0 Å². The summed E-state index contributed by atoms with van der Waals surface area (Å²) in [6.07, 6.45) is 1.84. The quantitative estimate of drug-likeness (QED) is 0.434. The molecule has 0 aliphatic heterocycles. The van der Waals surface area contributed by atoms with Crippen molar-refractivity contribution in [2.45, 2.75) is 32.7 Å². The molecule has 2 rings (SSSR count). The van der Waals surface area contributed by atoms with Crippen molar-refractivity contribution >= 4 is 17.8 Å². The Kier molecular flexibility index (Phi) is 6.07. The Hall–Kier alpha value is -2.45. The van der Waals surface area contributed by atoms with Crippen molar-refractivity contribution in [2.24, 2.45) is 0 Å². The maximum Gasteiger partial charge on any atom is 0.256 e. The first-order valence-corrected chi connectivity index (χ1v) is 7.52. The van der Waals surface area contributed by atoms with Gasteiger partial charge in [0.25, 0.3) is 11.9 Å². The average molecular weight is 318 g/mol. The highest BCUT2D eigenvalue weighted by molar-refractivity contribution is 5.41. The van der Waals surface area contributed by atoms with Gasteiger partial charge in [0.2, 0.25) is 5.95 Å². The molecule has 1 aromatic carbocycles. The fourth-order valence-electron chi connectivity index (χ4n) is 1.96. The molecule has 0 fully saturated rings. The summed E-state index contributed by atoms with van der Waals surface area (Å²) in [7, 11) is 0. The minimum absolute atomic E-state index is 0.0275. The SMILES string of the molecule is CC(C)N(O)c1nc(NO)nc(NCCCc2ccccc2)n1. The molecule has 4 N–H and O–H groups in total. The first-order valence-electron chi connectivity index (χ1n) is 7.52. The molecule has 0 unspecified atom stereocenters. The van der Waals surface area contributed by atoms with Gasteiger partial charge in [-0.25, -0.2) is 10.5 Å². The number of rotatable bonds is 8. The molecule has 124 valence electrons. The van der Waals surface area contributed by atoms with E-state index in [9.17, 15) is 5.21 Å². The first kappa shape index (κ1) is 16.9. The Bertz CT molecular complexity index is 608. The predicted octanol–water partition coefficient (Wildman–Crippen LogP) is 2.32. The van der Waals surface area contributed by atoms with Gasteiger partial charge < -0.3 is 5.32 Å². The van der Waals surface area contributed by atoms with Gasteiger partial charge in [-0.1, -0.05) is 30.3 Å². The Labute approximate surface area is 135 Å². The van der Waals surface area contributed by atoms with Crippen LogP contribution in [0.5, 0.6) is 0 Å². The lowest BCUT2D eigenvalue weighted by molar-refractivity contribution is 0.222. The lowest BCUT2D eigenvalue weighted by Crippen LogP contribution is -2.29. The largest absolute Gasteiger partial charge is 0.354 e. The molecule has 8 nitrogen and oxygen atoms in total. The van der Waals surface area contributed by atoms with Gasteiger partial charge in [0.15, 0.2) is 0 Å². The predicted molar refractivity (Wildman–Crippen MR) is 87.9 cm³/mol. The average Bonchev–Trinajstić information content (AvgIpc) is 2.58. The molecule has 1 heterocycles. The van der Waals surface area contributed by atoms with Gasteiger partial charge in [0, 0.05) is 6.54 Å². The zero-order valence-electron chi connectivity index (χ0n) is 13.3. The number of hydroxylamine groups is 1. The third kappa shape index (κ3) is 5.04. The fraction of sp³-hybridized carbons (Fsp3) is 0.400. The van der Waals surface area contributed by atoms with Crippen LogP contribution >= 0.6 is 0 Å². The minimum atomic E-state index is -0.199. The molecule has 0 atom stereocenters. The van der Waals surface area contributed by atoms with Crippen molar-refractivity contribution in [2.75, 3.05) is 22.4 Å². The van der Waals surface area contributed by atoms with Gasteiger partial charge in [0.05, 0.1) is 6.04 Å². The topological polar surface area (TPSA) is 106 Å². The van der Waals surface area contributed by atoms with E-state index in [0.29, 0.717) is 12.5 Å². The molecule has 8 heteroatoms. The molecular weight excluding hydrogens is 296 g/mol. The summed E-state index contributed by atoms with van der Waals surface area (Å²) in [5, 5.41) is 22.9. The summed E-state index contributed by atoms with van der Waals surface area (Å²) in [5.74, 6) is 0.330. The molecule has 0 saturated carbocycles. The smallest absolute Gasteiger partial charge is 0.256 e. The van der Waals surface area contributed by atoms with E-state index in [1.165, 1.54) is 5.56 Å². The van der Waals surface area contributed by atoms with Crippen molar-refractivity contribution in [3.8, 4) is 0 Å². The van der Waals surface area contributed by atoms with Crippen molar-refractivity contribution in [3.63, 3.8) is 0 Å². The Morgan fingerprint density at radius 1 is 1.09 bits per heavy atom. The summed E-state index contributed by atoms with van der Waals surface area (Å²) >= 11 is 0. The molecule has 0 aliphatic rings. The van der Waals surface area contributed by atoms with E-state index in [4.69, 9.17) is 5.21 Å². The summed E-state index contributed by atoms with van der Waals surface area (Å²) in [5.41, 5.74) is 3.15. The molecule has 1 aromatic heterocycles. The van der Waals surface area contributed by atoms with Crippen LogP contribution in [0.3, 0.4) is 0 Å². The fourth-order valence-corrected chi connectivity index (χ4v) is 1.96. The van der Waals surface area contributed by atoms with Crippen LogP contribution in [-0.2, 0) is 6.42 Å². The second-order valence-corrected chi connectivity index (χ2v) is 5.35. The van der Waals surface area contributed by atoms with Crippen molar-refractivity contribution in [1.82, 2.24) is 15.0 Å². The Balaban J connectivity index is 1.94. The third-order valence-electron chi connectivity index (χ3n) is 3.19. The number of nitrogens with one attached hydrogen (secondary N) is 2. The molecule has 0 bridgehead atoms.